The minimum Gasteiger partial charge on any atom is -0.496 e. The second-order valence-corrected chi connectivity index (χ2v) is 8.91. The maximum absolute atomic E-state index is 12.7. The van der Waals surface area contributed by atoms with Crippen LogP contribution in [0.4, 0.5) is 0 Å². The first-order chi connectivity index (χ1) is 15.9. The smallest absolute Gasteiger partial charge is 0.273 e. The van der Waals surface area contributed by atoms with Crippen molar-refractivity contribution in [3.63, 3.8) is 0 Å². The van der Waals surface area contributed by atoms with E-state index in [0.29, 0.717) is 33.5 Å². The van der Waals surface area contributed by atoms with Crippen LogP contribution in [0, 0.1) is 0 Å². The van der Waals surface area contributed by atoms with E-state index in [2.05, 4.69) is 17.8 Å². The number of aryl methyl sites for hydroxylation is 1. The van der Waals surface area contributed by atoms with Crippen LogP contribution in [0.3, 0.4) is 0 Å². The average molecular weight is 484 g/mol. The van der Waals surface area contributed by atoms with Crippen molar-refractivity contribution in [3.8, 4) is 5.75 Å². The first kappa shape index (κ1) is 24.5. The predicted octanol–water partition coefficient (Wildman–Crippen LogP) is 3.70. The van der Waals surface area contributed by atoms with E-state index < -0.39 is 5.91 Å². The van der Waals surface area contributed by atoms with Gasteiger partial charge < -0.3 is 4.74 Å². The number of para-hydroxylation sites is 1. The summed E-state index contributed by atoms with van der Waals surface area (Å²) in [5.41, 5.74) is 7.25. The molecule has 0 saturated carbocycles. The largest absolute Gasteiger partial charge is 0.496 e. The molecule has 3 amide bonds. The molecule has 3 rings (SSSR count). The molecule has 2 aromatic rings. The van der Waals surface area contributed by atoms with Gasteiger partial charge >= 0.3 is 0 Å². The first-order valence-corrected chi connectivity index (χ1v) is 11.7. The number of nitrogens with zero attached hydrogens (tertiary/aromatic N) is 1. The van der Waals surface area contributed by atoms with Gasteiger partial charge in [0.05, 0.1) is 17.6 Å². The maximum atomic E-state index is 12.7. The summed E-state index contributed by atoms with van der Waals surface area (Å²) in [4.78, 5) is 39.2. The molecule has 0 aliphatic carbocycles. The summed E-state index contributed by atoms with van der Waals surface area (Å²) in [7, 11) is 1.47. The average Bonchev–Trinajstić information content (AvgIpc) is 3.10. The van der Waals surface area contributed by atoms with Crippen molar-refractivity contribution in [1.29, 1.82) is 0 Å². The molecule has 1 aliphatic rings. The zero-order valence-corrected chi connectivity index (χ0v) is 20.1. The quantitative estimate of drug-likeness (QED) is 0.338. The summed E-state index contributed by atoms with van der Waals surface area (Å²) in [5, 5.41) is 0. The van der Waals surface area contributed by atoms with Crippen LogP contribution in [-0.4, -0.2) is 40.6 Å². The summed E-state index contributed by atoms with van der Waals surface area (Å²) in [5.74, 6) is -0.590. The number of benzene rings is 2. The second-order valence-electron chi connectivity index (χ2n) is 7.23. The van der Waals surface area contributed by atoms with Crippen LogP contribution in [-0.2, 0) is 16.0 Å². The van der Waals surface area contributed by atoms with Crippen LogP contribution in [0.1, 0.15) is 41.3 Å². The number of thioether (sulfide) groups is 1. The molecule has 9 heteroatoms. The van der Waals surface area contributed by atoms with Gasteiger partial charge in [0.1, 0.15) is 10.1 Å². The van der Waals surface area contributed by atoms with E-state index >= 15 is 0 Å². The molecule has 33 heavy (non-hydrogen) atoms. The lowest BCUT2D eigenvalue weighted by Crippen LogP contribution is -2.42. The van der Waals surface area contributed by atoms with E-state index in [-0.39, 0.29) is 18.2 Å². The molecule has 0 radical (unpaired) electrons. The number of ether oxygens (including phenoxy) is 1. The Kier molecular flexibility index (Phi) is 8.62. The number of nitrogens with one attached hydrogen (secondary N) is 2. The topological polar surface area (TPSA) is 87.7 Å². The number of hydrogen-bond acceptors (Lipinski definition) is 6. The first-order valence-electron chi connectivity index (χ1n) is 10.5. The molecule has 1 saturated heterocycles. The lowest BCUT2D eigenvalue weighted by molar-refractivity contribution is -0.124. The highest BCUT2D eigenvalue weighted by Gasteiger charge is 2.31. The van der Waals surface area contributed by atoms with Gasteiger partial charge in [0, 0.05) is 13.0 Å². The maximum Gasteiger partial charge on any atom is 0.273 e. The Morgan fingerprint density at radius 1 is 1.12 bits per heavy atom. The van der Waals surface area contributed by atoms with Gasteiger partial charge in [0.2, 0.25) is 5.91 Å². The van der Waals surface area contributed by atoms with E-state index in [1.165, 1.54) is 29.3 Å². The van der Waals surface area contributed by atoms with Crippen molar-refractivity contribution >= 4 is 52.1 Å². The normalized spacial score (nSPS) is 14.5. The molecule has 1 fully saturated rings. The Hall–Kier alpha value is -3.17. The summed E-state index contributed by atoms with van der Waals surface area (Å²) < 4.78 is 5.62. The van der Waals surface area contributed by atoms with Crippen LogP contribution in [0.15, 0.2) is 53.4 Å². The highest BCUT2D eigenvalue weighted by Crippen LogP contribution is 2.32. The van der Waals surface area contributed by atoms with E-state index in [1.807, 2.05) is 30.3 Å². The van der Waals surface area contributed by atoms with Gasteiger partial charge in [-0.2, -0.15) is 0 Å². The SMILES string of the molecule is CCc1ccc(C=C2SC(=S)N(CCCC(=O)NNC(=O)c3ccccc3OC)C2=O)cc1. The molecule has 0 bridgehead atoms. The Bertz CT molecular complexity index is 1080. The van der Waals surface area contributed by atoms with Crippen molar-refractivity contribution in [1.82, 2.24) is 15.8 Å². The summed E-state index contributed by atoms with van der Waals surface area (Å²) >= 11 is 6.61. The fraction of sp³-hybridized carbons (Fsp3) is 0.250. The Labute approximate surface area is 202 Å². The van der Waals surface area contributed by atoms with Gasteiger partial charge in [-0.3, -0.25) is 30.1 Å². The predicted molar refractivity (Wildman–Crippen MR) is 134 cm³/mol. The number of thiocarbonyl (C=S) groups is 1. The monoisotopic (exact) mass is 483 g/mol. The summed E-state index contributed by atoms with van der Waals surface area (Å²) in [6, 6.07) is 14.8. The third-order valence-electron chi connectivity index (χ3n) is 5.01. The Balaban J connectivity index is 1.47. The van der Waals surface area contributed by atoms with Gasteiger partial charge in [0.15, 0.2) is 0 Å². The number of rotatable bonds is 8. The minimum atomic E-state index is -0.477. The molecule has 1 aliphatic heterocycles. The molecular formula is C24H25N3O4S2. The van der Waals surface area contributed by atoms with Crippen LogP contribution in [0.25, 0.3) is 6.08 Å². The van der Waals surface area contributed by atoms with Crippen molar-refractivity contribution in [2.45, 2.75) is 26.2 Å². The number of hydrazine groups is 1. The van der Waals surface area contributed by atoms with Crippen molar-refractivity contribution in [2.24, 2.45) is 0 Å². The van der Waals surface area contributed by atoms with E-state index in [4.69, 9.17) is 17.0 Å². The molecule has 2 aromatic carbocycles. The van der Waals surface area contributed by atoms with Crippen LogP contribution < -0.4 is 15.6 Å². The molecule has 0 spiro atoms. The lowest BCUT2D eigenvalue weighted by Gasteiger charge is -2.14. The molecule has 7 nitrogen and oxygen atoms in total. The van der Waals surface area contributed by atoms with Crippen molar-refractivity contribution < 1.29 is 19.1 Å². The zero-order valence-electron chi connectivity index (χ0n) is 18.4. The van der Waals surface area contributed by atoms with Crippen molar-refractivity contribution in [3.05, 3.63) is 70.1 Å². The van der Waals surface area contributed by atoms with Gasteiger partial charge in [-0.15, -0.1) is 0 Å². The van der Waals surface area contributed by atoms with Crippen LogP contribution in [0.2, 0.25) is 0 Å². The zero-order chi connectivity index (χ0) is 23.8. The van der Waals surface area contributed by atoms with E-state index in [9.17, 15) is 14.4 Å². The third kappa shape index (κ3) is 6.43. The summed E-state index contributed by atoms with van der Waals surface area (Å²) in [6.45, 7) is 2.42. The lowest BCUT2D eigenvalue weighted by atomic mass is 10.1. The molecule has 1 heterocycles. The van der Waals surface area contributed by atoms with Gasteiger partial charge in [0.25, 0.3) is 11.8 Å². The molecule has 172 valence electrons. The summed E-state index contributed by atoms with van der Waals surface area (Å²) in [6.07, 6.45) is 3.32. The molecule has 0 atom stereocenters. The molecular weight excluding hydrogens is 458 g/mol. The Morgan fingerprint density at radius 3 is 2.55 bits per heavy atom. The highest BCUT2D eigenvalue weighted by atomic mass is 32.2. The minimum absolute atomic E-state index is 0.126. The number of hydrogen-bond donors (Lipinski definition) is 2. The van der Waals surface area contributed by atoms with E-state index in [1.54, 1.807) is 24.3 Å². The van der Waals surface area contributed by atoms with E-state index in [0.717, 1.165) is 12.0 Å². The number of methoxy groups -OCH3 is 1. The van der Waals surface area contributed by atoms with Gasteiger partial charge in [-0.25, -0.2) is 0 Å². The molecule has 0 aromatic heterocycles. The van der Waals surface area contributed by atoms with Gasteiger partial charge in [-0.1, -0.05) is 67.3 Å². The second kappa shape index (κ2) is 11.6. The fourth-order valence-corrected chi connectivity index (χ4v) is 4.49. The number of amides is 3. The van der Waals surface area contributed by atoms with Crippen LogP contribution >= 0.6 is 24.0 Å². The van der Waals surface area contributed by atoms with Gasteiger partial charge in [-0.05, 0) is 42.2 Å². The number of carbonyl (C=O) groups is 3. The third-order valence-corrected chi connectivity index (χ3v) is 6.39. The fourth-order valence-electron chi connectivity index (χ4n) is 3.18. The molecule has 0 unspecified atom stereocenters. The standard InChI is InChI=1S/C24H25N3O4S2/c1-3-16-10-12-17(13-11-16)15-20-23(30)27(24(32)33-20)14-6-9-21(28)25-26-22(29)18-7-4-5-8-19(18)31-2/h4-5,7-8,10-13,15H,3,6,9,14H2,1-2H3,(H,25,28)(H,26,29). The highest BCUT2D eigenvalue weighted by molar-refractivity contribution is 8.26. The van der Waals surface area contributed by atoms with Crippen molar-refractivity contribution in [2.75, 3.05) is 13.7 Å². The van der Waals surface area contributed by atoms with Crippen LogP contribution in [0.5, 0.6) is 5.75 Å². The molecule has 2 N–H and O–H groups in total. The number of carbonyl (C=O) groups excluding carboxylic acids is 3. The Morgan fingerprint density at radius 2 is 1.85 bits per heavy atom.